The van der Waals surface area contributed by atoms with Crippen LogP contribution in [-0.2, 0) is 6.54 Å². The molecule has 1 unspecified atom stereocenters. The average molecular weight is 373 g/mol. The van der Waals surface area contributed by atoms with Crippen molar-refractivity contribution < 1.29 is 4.74 Å². The first-order valence-electron chi connectivity index (χ1n) is 6.95. The second-order valence-corrected chi connectivity index (χ2v) is 5.98. The zero-order valence-corrected chi connectivity index (χ0v) is 14.7. The van der Waals surface area contributed by atoms with Crippen molar-refractivity contribution in [1.29, 1.82) is 0 Å². The van der Waals surface area contributed by atoms with Crippen LogP contribution >= 0.6 is 27.5 Å². The van der Waals surface area contributed by atoms with E-state index in [1.165, 1.54) is 0 Å². The normalized spacial score (nSPS) is 12.2. The lowest BCUT2D eigenvalue weighted by Gasteiger charge is -2.18. The van der Waals surface area contributed by atoms with Gasteiger partial charge in [0.15, 0.2) is 5.75 Å². The van der Waals surface area contributed by atoms with Crippen LogP contribution in [0.1, 0.15) is 32.4 Å². The van der Waals surface area contributed by atoms with Gasteiger partial charge in [-0.2, -0.15) is 5.10 Å². The van der Waals surface area contributed by atoms with Gasteiger partial charge in [-0.3, -0.25) is 4.68 Å². The molecule has 1 atom stereocenters. The van der Waals surface area contributed by atoms with E-state index in [9.17, 15) is 0 Å². The molecule has 0 aliphatic heterocycles. The quantitative estimate of drug-likeness (QED) is 0.784. The molecule has 0 bridgehead atoms. The van der Waals surface area contributed by atoms with Gasteiger partial charge in [0.2, 0.25) is 0 Å². The van der Waals surface area contributed by atoms with Crippen molar-refractivity contribution in [3.05, 3.63) is 39.6 Å². The molecular weight excluding hydrogens is 354 g/mol. The summed E-state index contributed by atoms with van der Waals surface area (Å²) < 4.78 is 8.45. The molecule has 0 aliphatic rings. The molecule has 0 spiro atoms. The molecule has 1 heterocycles. The van der Waals surface area contributed by atoms with Crippen molar-refractivity contribution >= 4 is 33.2 Å². The number of rotatable bonds is 6. The van der Waals surface area contributed by atoms with Crippen LogP contribution in [0.15, 0.2) is 29.0 Å². The summed E-state index contributed by atoms with van der Waals surface area (Å²) in [6.45, 7) is 7.56. The first-order valence-corrected chi connectivity index (χ1v) is 8.13. The van der Waals surface area contributed by atoms with Crippen LogP contribution in [0.2, 0.25) is 5.02 Å². The van der Waals surface area contributed by atoms with Crippen LogP contribution in [0.4, 0.5) is 5.69 Å². The molecule has 114 valence electrons. The summed E-state index contributed by atoms with van der Waals surface area (Å²) in [5.41, 5.74) is 1.99. The van der Waals surface area contributed by atoms with Gasteiger partial charge >= 0.3 is 0 Å². The fourth-order valence-electron chi connectivity index (χ4n) is 2.05. The maximum atomic E-state index is 6.14. The average Bonchev–Trinajstić information content (AvgIpc) is 2.91. The van der Waals surface area contributed by atoms with E-state index < -0.39 is 0 Å². The molecule has 1 aromatic carbocycles. The smallest absolute Gasteiger partial charge is 0.156 e. The fourth-order valence-corrected chi connectivity index (χ4v) is 2.98. The van der Waals surface area contributed by atoms with E-state index in [0.29, 0.717) is 11.6 Å². The summed E-state index contributed by atoms with van der Waals surface area (Å²) in [6.07, 6.45) is 3.92. The lowest BCUT2D eigenvalue weighted by atomic mass is 10.1. The van der Waals surface area contributed by atoms with Crippen molar-refractivity contribution in [2.45, 2.75) is 33.4 Å². The minimum atomic E-state index is 0.106. The third kappa shape index (κ3) is 3.92. The summed E-state index contributed by atoms with van der Waals surface area (Å²) >= 11 is 9.63. The molecule has 2 rings (SSSR count). The number of benzene rings is 1. The molecule has 1 aromatic heterocycles. The monoisotopic (exact) mass is 371 g/mol. The van der Waals surface area contributed by atoms with Gasteiger partial charge in [-0.1, -0.05) is 11.6 Å². The summed E-state index contributed by atoms with van der Waals surface area (Å²) in [5.74, 6) is 0.775. The number of aryl methyl sites for hydroxylation is 1. The zero-order valence-electron chi connectivity index (χ0n) is 12.4. The zero-order chi connectivity index (χ0) is 15.4. The molecule has 0 saturated heterocycles. The van der Waals surface area contributed by atoms with E-state index in [1.807, 2.05) is 36.1 Å². The Labute approximate surface area is 138 Å². The lowest BCUT2D eigenvalue weighted by molar-refractivity contribution is 0.339. The molecule has 0 amide bonds. The second-order valence-electron chi connectivity index (χ2n) is 4.69. The lowest BCUT2D eigenvalue weighted by Crippen LogP contribution is -2.08. The minimum Gasteiger partial charge on any atom is -0.491 e. The largest absolute Gasteiger partial charge is 0.491 e. The van der Waals surface area contributed by atoms with Crippen molar-refractivity contribution in [1.82, 2.24) is 9.78 Å². The predicted octanol–water partition coefficient (Wildman–Crippen LogP) is 4.89. The van der Waals surface area contributed by atoms with E-state index in [0.717, 1.165) is 28.0 Å². The Kier molecular flexibility index (Phi) is 5.53. The molecule has 1 N–H and O–H groups in total. The van der Waals surface area contributed by atoms with Crippen LogP contribution in [0.5, 0.6) is 5.75 Å². The van der Waals surface area contributed by atoms with Crippen molar-refractivity contribution in [2.75, 3.05) is 11.9 Å². The highest BCUT2D eigenvalue weighted by Crippen LogP contribution is 2.38. The molecule has 0 aliphatic carbocycles. The topological polar surface area (TPSA) is 39.1 Å². The Morgan fingerprint density at radius 1 is 1.43 bits per heavy atom. The van der Waals surface area contributed by atoms with Crippen LogP contribution < -0.4 is 10.1 Å². The van der Waals surface area contributed by atoms with Crippen LogP contribution in [0.3, 0.4) is 0 Å². The van der Waals surface area contributed by atoms with Crippen LogP contribution in [0.25, 0.3) is 0 Å². The molecule has 2 aromatic rings. The highest BCUT2D eigenvalue weighted by molar-refractivity contribution is 9.10. The first kappa shape index (κ1) is 16.2. The van der Waals surface area contributed by atoms with E-state index in [1.54, 1.807) is 0 Å². The van der Waals surface area contributed by atoms with Crippen LogP contribution in [0, 0.1) is 0 Å². The third-order valence-electron chi connectivity index (χ3n) is 3.15. The number of anilines is 1. The minimum absolute atomic E-state index is 0.106. The molecule has 0 radical (unpaired) electrons. The van der Waals surface area contributed by atoms with Gasteiger partial charge in [0.1, 0.15) is 0 Å². The van der Waals surface area contributed by atoms with E-state index in [-0.39, 0.29) is 6.04 Å². The summed E-state index contributed by atoms with van der Waals surface area (Å²) in [5, 5.41) is 8.40. The van der Waals surface area contributed by atoms with Gasteiger partial charge in [-0.25, -0.2) is 0 Å². The van der Waals surface area contributed by atoms with Gasteiger partial charge in [0.05, 0.1) is 29.0 Å². The predicted molar refractivity (Wildman–Crippen MR) is 90.3 cm³/mol. The standard InChI is InChI=1S/C15H19BrClN3O/c1-4-20-9-11(8-18-20)10(3)19-14-7-12(17)6-13(16)15(14)21-5-2/h6-10,19H,4-5H2,1-3H3. The summed E-state index contributed by atoms with van der Waals surface area (Å²) in [4.78, 5) is 0. The summed E-state index contributed by atoms with van der Waals surface area (Å²) in [7, 11) is 0. The number of nitrogens with zero attached hydrogens (tertiary/aromatic N) is 2. The number of hydrogen-bond donors (Lipinski definition) is 1. The Morgan fingerprint density at radius 3 is 2.81 bits per heavy atom. The highest BCUT2D eigenvalue weighted by atomic mass is 79.9. The number of halogens is 2. The maximum absolute atomic E-state index is 6.14. The summed E-state index contributed by atoms with van der Waals surface area (Å²) in [6, 6.07) is 3.81. The Hall–Kier alpha value is -1.20. The van der Waals surface area contributed by atoms with Gasteiger partial charge in [0.25, 0.3) is 0 Å². The van der Waals surface area contributed by atoms with Gasteiger partial charge in [-0.15, -0.1) is 0 Å². The number of aromatic nitrogens is 2. The van der Waals surface area contributed by atoms with Crippen molar-refractivity contribution in [2.24, 2.45) is 0 Å². The van der Waals surface area contributed by atoms with Gasteiger partial charge in [-0.05, 0) is 48.8 Å². The molecule has 4 nitrogen and oxygen atoms in total. The molecule has 0 saturated carbocycles. The Balaban J connectivity index is 2.25. The first-order chi connectivity index (χ1) is 10.0. The maximum Gasteiger partial charge on any atom is 0.156 e. The van der Waals surface area contributed by atoms with E-state index in [2.05, 4.69) is 40.2 Å². The third-order valence-corrected chi connectivity index (χ3v) is 3.95. The van der Waals surface area contributed by atoms with Crippen LogP contribution in [-0.4, -0.2) is 16.4 Å². The SMILES string of the molecule is CCOc1c(Br)cc(Cl)cc1NC(C)c1cnn(CC)c1. The Bertz CT molecular complexity index is 615. The van der Waals surface area contributed by atoms with Crippen molar-refractivity contribution in [3.8, 4) is 5.75 Å². The molecule has 0 fully saturated rings. The van der Waals surface area contributed by atoms with E-state index >= 15 is 0 Å². The van der Waals surface area contributed by atoms with E-state index in [4.69, 9.17) is 16.3 Å². The van der Waals surface area contributed by atoms with Crippen molar-refractivity contribution in [3.63, 3.8) is 0 Å². The molecular formula is C15H19BrClN3O. The second kappa shape index (κ2) is 7.18. The number of hydrogen-bond acceptors (Lipinski definition) is 3. The van der Waals surface area contributed by atoms with Gasteiger partial charge in [0, 0.05) is 23.3 Å². The van der Waals surface area contributed by atoms with Gasteiger partial charge < -0.3 is 10.1 Å². The fraction of sp³-hybridized carbons (Fsp3) is 0.400. The molecule has 6 heteroatoms. The number of ether oxygens (including phenoxy) is 1. The molecule has 21 heavy (non-hydrogen) atoms. The highest BCUT2D eigenvalue weighted by Gasteiger charge is 2.14. The Morgan fingerprint density at radius 2 is 2.19 bits per heavy atom. The number of nitrogens with one attached hydrogen (secondary N) is 1.